The van der Waals surface area contributed by atoms with Gasteiger partial charge in [0.25, 0.3) is 0 Å². The van der Waals surface area contributed by atoms with Gasteiger partial charge in [-0.15, -0.1) is 0 Å². The molecule has 0 bridgehead atoms. The number of hydrazone groups is 1. The molecule has 3 aliphatic rings. The number of nitrogens with zero attached hydrogens (tertiary/aromatic N) is 5. The molecule has 1 N–H and O–H groups in total. The second-order valence-corrected chi connectivity index (χ2v) is 12.3. The number of benzene rings is 2. The third-order valence-electron chi connectivity index (χ3n) is 7.50. The molecule has 0 aromatic heterocycles. The highest BCUT2D eigenvalue weighted by Gasteiger charge is 2.34. The first-order valence-corrected chi connectivity index (χ1v) is 15.5. The lowest BCUT2D eigenvalue weighted by molar-refractivity contribution is 0.235. The van der Waals surface area contributed by atoms with Crippen molar-refractivity contribution < 1.29 is 8.42 Å². The van der Waals surface area contributed by atoms with Gasteiger partial charge in [0.05, 0.1) is 18.8 Å². The minimum Gasteiger partial charge on any atom is -0.301 e. The minimum atomic E-state index is -3.73. The number of guanidine groups is 1. The maximum absolute atomic E-state index is 13.4. The lowest BCUT2D eigenvalue weighted by atomic mass is 9.91. The number of halogens is 1. The van der Waals surface area contributed by atoms with Crippen LogP contribution in [0.3, 0.4) is 0 Å². The van der Waals surface area contributed by atoms with E-state index in [9.17, 15) is 8.42 Å². The van der Waals surface area contributed by atoms with E-state index in [1.807, 2.05) is 42.5 Å². The first-order valence-electron chi connectivity index (χ1n) is 13.7. The molecule has 2 fully saturated rings. The van der Waals surface area contributed by atoms with Gasteiger partial charge in [0, 0.05) is 30.6 Å². The smallest absolute Gasteiger partial charge is 0.301 e. The number of hydrogen-bond donors (Lipinski definition) is 1. The lowest BCUT2D eigenvalue weighted by Gasteiger charge is -2.28. The van der Waals surface area contributed by atoms with Crippen LogP contribution >= 0.6 is 11.6 Å². The molecule has 10 heteroatoms. The standard InChI is InChI=1S/C28H37ClN6O2S/c29-25-14-12-24(13-15-25)27-26(23-10-4-1-5-11-23)22-35(31-27)28(30-16-21-33-17-6-2-7-18-33)32-38(36,37)34-19-8-3-9-20-34/h1,4-5,10-15,26H,2-3,6-9,16-22H2,(H,30,32). The lowest BCUT2D eigenvalue weighted by Crippen LogP contribution is -2.49. The fourth-order valence-corrected chi connectivity index (χ4v) is 6.79. The molecule has 0 aliphatic carbocycles. The molecular weight excluding hydrogens is 520 g/mol. The van der Waals surface area contributed by atoms with E-state index >= 15 is 0 Å². The molecule has 0 amide bonds. The van der Waals surface area contributed by atoms with E-state index in [1.54, 1.807) is 5.01 Å². The maximum atomic E-state index is 13.4. The van der Waals surface area contributed by atoms with Gasteiger partial charge in [0.1, 0.15) is 0 Å². The molecule has 2 aromatic rings. The normalized spacial score (nSPS) is 21.9. The second-order valence-electron chi connectivity index (χ2n) is 10.2. The first-order chi connectivity index (χ1) is 18.5. The maximum Gasteiger partial charge on any atom is 0.303 e. The monoisotopic (exact) mass is 556 g/mol. The molecule has 3 heterocycles. The SMILES string of the molecule is O=S(=O)(NC(=NCCN1CCCCC1)N1CC(c2ccccc2)C(c2ccc(Cl)cc2)=N1)N1CCCCC1. The molecule has 0 radical (unpaired) electrons. The highest BCUT2D eigenvalue weighted by molar-refractivity contribution is 7.87. The van der Waals surface area contributed by atoms with Gasteiger partial charge in [0.15, 0.2) is 0 Å². The highest BCUT2D eigenvalue weighted by atomic mass is 35.5. The second kappa shape index (κ2) is 12.6. The summed E-state index contributed by atoms with van der Waals surface area (Å²) in [5.41, 5.74) is 2.95. The average Bonchev–Trinajstić information content (AvgIpc) is 3.40. The van der Waals surface area contributed by atoms with Crippen molar-refractivity contribution in [3.8, 4) is 0 Å². The van der Waals surface area contributed by atoms with E-state index in [0.29, 0.717) is 31.2 Å². The summed E-state index contributed by atoms with van der Waals surface area (Å²) in [5, 5.41) is 7.36. The summed E-state index contributed by atoms with van der Waals surface area (Å²) in [6.45, 7) is 5.01. The fourth-order valence-electron chi connectivity index (χ4n) is 5.39. The van der Waals surface area contributed by atoms with E-state index in [2.05, 4.69) is 21.8 Å². The number of rotatable bonds is 7. The van der Waals surface area contributed by atoms with Crippen LogP contribution in [0.25, 0.3) is 0 Å². The van der Waals surface area contributed by atoms with Gasteiger partial charge in [-0.05, 0) is 62.0 Å². The predicted octanol–water partition coefficient (Wildman–Crippen LogP) is 4.31. The van der Waals surface area contributed by atoms with Gasteiger partial charge in [-0.2, -0.15) is 17.8 Å². The Kier molecular flexibility index (Phi) is 8.99. The number of piperidine rings is 2. The van der Waals surface area contributed by atoms with E-state index < -0.39 is 10.2 Å². The Morgan fingerprint density at radius 2 is 1.58 bits per heavy atom. The Bertz CT molecular complexity index is 1220. The fraction of sp³-hybridized carbons (Fsp3) is 0.500. The van der Waals surface area contributed by atoms with Gasteiger partial charge < -0.3 is 4.90 Å². The Morgan fingerprint density at radius 1 is 0.921 bits per heavy atom. The molecule has 8 nitrogen and oxygen atoms in total. The topological polar surface area (TPSA) is 80.6 Å². The summed E-state index contributed by atoms with van der Waals surface area (Å²) in [7, 11) is -3.73. The van der Waals surface area contributed by atoms with Crippen molar-refractivity contribution in [1.82, 2.24) is 18.9 Å². The van der Waals surface area contributed by atoms with Gasteiger partial charge in [-0.25, -0.2) is 14.7 Å². The average molecular weight is 557 g/mol. The van der Waals surface area contributed by atoms with Crippen LogP contribution in [0.15, 0.2) is 64.7 Å². The van der Waals surface area contributed by atoms with Crippen molar-refractivity contribution in [1.29, 1.82) is 0 Å². The molecule has 1 unspecified atom stereocenters. The van der Waals surface area contributed by atoms with Crippen LogP contribution in [0.4, 0.5) is 0 Å². The van der Waals surface area contributed by atoms with Crippen molar-refractivity contribution in [3.05, 3.63) is 70.7 Å². The number of nitrogens with one attached hydrogen (secondary N) is 1. The van der Waals surface area contributed by atoms with Crippen molar-refractivity contribution in [2.24, 2.45) is 10.1 Å². The molecule has 2 aromatic carbocycles. The van der Waals surface area contributed by atoms with Crippen molar-refractivity contribution in [2.45, 2.75) is 44.4 Å². The van der Waals surface area contributed by atoms with E-state index in [-0.39, 0.29) is 11.9 Å². The zero-order valence-corrected chi connectivity index (χ0v) is 23.4. The van der Waals surface area contributed by atoms with Crippen molar-refractivity contribution in [2.75, 3.05) is 45.8 Å². The summed E-state index contributed by atoms with van der Waals surface area (Å²) in [6.07, 6.45) is 6.50. The minimum absolute atomic E-state index is 0.0378. The molecule has 0 spiro atoms. The molecule has 1 atom stereocenters. The van der Waals surface area contributed by atoms with Crippen LogP contribution in [0, 0.1) is 0 Å². The van der Waals surface area contributed by atoms with Gasteiger partial charge in [0.2, 0.25) is 5.96 Å². The predicted molar refractivity (Wildman–Crippen MR) is 154 cm³/mol. The van der Waals surface area contributed by atoms with Crippen molar-refractivity contribution in [3.63, 3.8) is 0 Å². The van der Waals surface area contributed by atoms with Crippen LogP contribution < -0.4 is 4.72 Å². The van der Waals surface area contributed by atoms with E-state index in [1.165, 1.54) is 23.6 Å². The summed E-state index contributed by atoms with van der Waals surface area (Å²) < 4.78 is 31.1. The molecule has 0 saturated carbocycles. The van der Waals surface area contributed by atoms with Crippen LogP contribution in [-0.2, 0) is 10.2 Å². The van der Waals surface area contributed by atoms with Crippen LogP contribution in [0.1, 0.15) is 55.6 Å². The molecule has 2 saturated heterocycles. The van der Waals surface area contributed by atoms with Crippen molar-refractivity contribution >= 4 is 33.5 Å². The first kappa shape index (κ1) is 27.1. The zero-order valence-electron chi connectivity index (χ0n) is 21.8. The molecular formula is C28H37ClN6O2S. The van der Waals surface area contributed by atoms with Gasteiger partial charge in [-0.1, -0.05) is 66.9 Å². The summed E-state index contributed by atoms with van der Waals surface area (Å²) in [6, 6.07) is 17.9. The molecule has 38 heavy (non-hydrogen) atoms. The quantitative estimate of drug-likeness (QED) is 0.407. The number of aliphatic imine (C=N–C) groups is 1. The largest absolute Gasteiger partial charge is 0.303 e. The Hall–Kier alpha value is -2.46. The third kappa shape index (κ3) is 6.75. The van der Waals surface area contributed by atoms with Crippen LogP contribution in [0.2, 0.25) is 5.02 Å². The highest BCUT2D eigenvalue weighted by Crippen LogP contribution is 2.29. The molecule has 3 aliphatic heterocycles. The Morgan fingerprint density at radius 3 is 2.26 bits per heavy atom. The molecule has 204 valence electrons. The summed E-state index contributed by atoms with van der Waals surface area (Å²) in [5.74, 6) is 0.252. The zero-order chi connectivity index (χ0) is 26.4. The Balaban J connectivity index is 1.44. The number of likely N-dealkylation sites (tertiary alicyclic amines) is 1. The van der Waals surface area contributed by atoms with Gasteiger partial charge in [-0.3, -0.25) is 0 Å². The summed E-state index contributed by atoms with van der Waals surface area (Å²) >= 11 is 6.16. The van der Waals surface area contributed by atoms with Crippen LogP contribution in [-0.4, -0.2) is 80.1 Å². The third-order valence-corrected chi connectivity index (χ3v) is 9.24. The Labute approximate surface area is 231 Å². The van der Waals surface area contributed by atoms with Gasteiger partial charge >= 0.3 is 10.2 Å². The summed E-state index contributed by atoms with van der Waals surface area (Å²) in [4.78, 5) is 7.21. The van der Waals surface area contributed by atoms with E-state index in [0.717, 1.165) is 55.7 Å². The van der Waals surface area contributed by atoms with Crippen LogP contribution in [0.5, 0.6) is 0 Å². The van der Waals surface area contributed by atoms with E-state index in [4.69, 9.17) is 21.7 Å². The molecule has 5 rings (SSSR count). The number of hydrogen-bond acceptors (Lipinski definition) is 5.